The van der Waals surface area contributed by atoms with E-state index in [4.69, 9.17) is 4.74 Å². The van der Waals surface area contributed by atoms with Gasteiger partial charge in [0.15, 0.2) is 0 Å². The third kappa shape index (κ3) is 2.03. The lowest BCUT2D eigenvalue weighted by molar-refractivity contribution is -0.185. The van der Waals surface area contributed by atoms with E-state index in [9.17, 15) is 5.11 Å². The highest BCUT2D eigenvalue weighted by atomic mass is 16.5. The van der Waals surface area contributed by atoms with E-state index in [-0.39, 0.29) is 11.0 Å². The molecule has 0 radical (unpaired) electrons. The minimum absolute atomic E-state index is 0.0556. The van der Waals surface area contributed by atoms with Crippen LogP contribution in [-0.4, -0.2) is 17.3 Å². The molecule has 1 aliphatic carbocycles. The minimum Gasteiger partial charge on any atom is -0.508 e. The maximum Gasteiger partial charge on any atom is 0.115 e. The van der Waals surface area contributed by atoms with E-state index in [0.29, 0.717) is 17.6 Å². The number of hydrogen-bond acceptors (Lipinski definition) is 2. The van der Waals surface area contributed by atoms with E-state index in [1.807, 2.05) is 6.07 Å². The monoisotopic (exact) mass is 288 g/mol. The molecule has 1 N–H and O–H groups in total. The SMILES string of the molecule is Cc1ccc(O)cc1C12CCCOC1(C)C(C)C(C)CC2. The first kappa shape index (κ1) is 14.9. The lowest BCUT2D eigenvalue weighted by Gasteiger charge is -2.60. The van der Waals surface area contributed by atoms with E-state index < -0.39 is 0 Å². The second-order valence-corrected chi connectivity index (χ2v) is 7.45. The van der Waals surface area contributed by atoms with E-state index in [0.717, 1.165) is 13.0 Å². The molecule has 1 aromatic rings. The molecule has 2 aliphatic rings. The van der Waals surface area contributed by atoms with Crippen LogP contribution in [0, 0.1) is 18.8 Å². The third-order valence-electron chi connectivity index (χ3n) is 6.59. The maximum absolute atomic E-state index is 10.0. The van der Waals surface area contributed by atoms with Crippen LogP contribution in [0.15, 0.2) is 18.2 Å². The van der Waals surface area contributed by atoms with Gasteiger partial charge >= 0.3 is 0 Å². The fourth-order valence-corrected chi connectivity index (χ4v) is 4.91. The highest BCUT2D eigenvalue weighted by molar-refractivity contribution is 5.43. The van der Waals surface area contributed by atoms with Gasteiger partial charge in [-0.05, 0) is 74.6 Å². The van der Waals surface area contributed by atoms with Crippen molar-refractivity contribution in [3.63, 3.8) is 0 Å². The zero-order valence-electron chi connectivity index (χ0n) is 13.8. The van der Waals surface area contributed by atoms with Crippen LogP contribution in [0.5, 0.6) is 5.75 Å². The van der Waals surface area contributed by atoms with Crippen molar-refractivity contribution in [2.45, 2.75) is 64.4 Å². The quantitative estimate of drug-likeness (QED) is 0.820. The first-order valence-electron chi connectivity index (χ1n) is 8.35. The summed E-state index contributed by atoms with van der Waals surface area (Å²) in [4.78, 5) is 0. The molecular formula is C19H28O2. The van der Waals surface area contributed by atoms with Crippen molar-refractivity contribution in [2.75, 3.05) is 6.61 Å². The Kier molecular flexibility index (Phi) is 3.56. The average Bonchev–Trinajstić information content (AvgIpc) is 2.47. The smallest absolute Gasteiger partial charge is 0.115 e. The van der Waals surface area contributed by atoms with Crippen molar-refractivity contribution < 1.29 is 9.84 Å². The van der Waals surface area contributed by atoms with Crippen LogP contribution in [0.4, 0.5) is 0 Å². The molecule has 0 amide bonds. The van der Waals surface area contributed by atoms with Gasteiger partial charge in [-0.2, -0.15) is 0 Å². The van der Waals surface area contributed by atoms with Crippen molar-refractivity contribution in [2.24, 2.45) is 11.8 Å². The molecule has 4 atom stereocenters. The fraction of sp³-hybridized carbons (Fsp3) is 0.684. The largest absolute Gasteiger partial charge is 0.508 e. The Labute approximate surface area is 128 Å². The predicted molar refractivity (Wildman–Crippen MR) is 85.7 cm³/mol. The van der Waals surface area contributed by atoms with Crippen molar-refractivity contribution in [3.8, 4) is 5.75 Å². The number of rotatable bonds is 1. The summed E-state index contributed by atoms with van der Waals surface area (Å²) in [6, 6.07) is 5.84. The van der Waals surface area contributed by atoms with Crippen molar-refractivity contribution >= 4 is 0 Å². The zero-order chi connectivity index (χ0) is 15.3. The predicted octanol–water partition coefficient (Wildman–Crippen LogP) is 4.57. The summed E-state index contributed by atoms with van der Waals surface area (Å²) in [5.74, 6) is 1.61. The molecule has 1 heterocycles. The normalized spacial score (nSPS) is 39.8. The number of benzene rings is 1. The van der Waals surface area contributed by atoms with Gasteiger partial charge in [0.1, 0.15) is 5.75 Å². The Hall–Kier alpha value is -1.02. The van der Waals surface area contributed by atoms with Crippen LogP contribution in [0.3, 0.4) is 0 Å². The van der Waals surface area contributed by atoms with Gasteiger partial charge in [-0.15, -0.1) is 0 Å². The fourth-order valence-electron chi connectivity index (χ4n) is 4.91. The third-order valence-corrected chi connectivity index (χ3v) is 6.59. The molecule has 2 heteroatoms. The molecule has 0 bridgehead atoms. The van der Waals surface area contributed by atoms with E-state index >= 15 is 0 Å². The summed E-state index contributed by atoms with van der Waals surface area (Å²) < 4.78 is 6.42. The minimum atomic E-state index is -0.124. The second kappa shape index (κ2) is 5.01. The number of fused-ring (bicyclic) bond motifs is 1. The summed E-state index contributed by atoms with van der Waals surface area (Å²) in [5.41, 5.74) is 2.52. The van der Waals surface area contributed by atoms with Gasteiger partial charge in [-0.3, -0.25) is 0 Å². The number of aromatic hydroxyl groups is 1. The summed E-state index contributed by atoms with van der Waals surface area (Å²) in [6.07, 6.45) is 4.70. The van der Waals surface area contributed by atoms with E-state index in [1.165, 1.54) is 30.4 Å². The van der Waals surface area contributed by atoms with Crippen LogP contribution >= 0.6 is 0 Å². The molecule has 0 aromatic heterocycles. The maximum atomic E-state index is 10.0. The van der Waals surface area contributed by atoms with Gasteiger partial charge < -0.3 is 9.84 Å². The lowest BCUT2D eigenvalue weighted by atomic mass is 9.51. The van der Waals surface area contributed by atoms with Gasteiger partial charge in [-0.25, -0.2) is 0 Å². The molecule has 0 spiro atoms. The van der Waals surface area contributed by atoms with Crippen molar-refractivity contribution in [3.05, 3.63) is 29.3 Å². The molecule has 2 nitrogen and oxygen atoms in total. The van der Waals surface area contributed by atoms with E-state index in [1.54, 1.807) is 6.07 Å². The standard InChI is InChI=1S/C19H28O2/c1-13-8-10-19(17-12-16(20)7-6-14(17)2)9-5-11-21-18(19,4)15(13)3/h6-7,12-13,15,20H,5,8-11H2,1-4H3. The van der Waals surface area contributed by atoms with Gasteiger partial charge in [0.05, 0.1) is 5.60 Å². The Morgan fingerprint density at radius 3 is 2.76 bits per heavy atom. The topological polar surface area (TPSA) is 29.5 Å². The molecule has 1 saturated heterocycles. The van der Waals surface area contributed by atoms with Crippen molar-refractivity contribution in [1.29, 1.82) is 0 Å². The molecule has 3 rings (SSSR count). The molecule has 2 fully saturated rings. The molecule has 1 saturated carbocycles. The highest BCUT2D eigenvalue weighted by Gasteiger charge is 2.58. The molecule has 1 aliphatic heterocycles. The van der Waals surface area contributed by atoms with Crippen molar-refractivity contribution in [1.82, 2.24) is 0 Å². The summed E-state index contributed by atoms with van der Waals surface area (Å²) >= 11 is 0. The molecular weight excluding hydrogens is 260 g/mol. The lowest BCUT2D eigenvalue weighted by Crippen LogP contribution is -2.62. The zero-order valence-corrected chi connectivity index (χ0v) is 13.8. The summed E-state index contributed by atoms with van der Waals surface area (Å²) in [7, 11) is 0. The number of aryl methyl sites for hydroxylation is 1. The Bertz CT molecular complexity index is 538. The molecule has 4 unspecified atom stereocenters. The van der Waals surface area contributed by atoms with E-state index in [2.05, 4.69) is 33.8 Å². The number of phenols is 1. The molecule has 21 heavy (non-hydrogen) atoms. The van der Waals surface area contributed by atoms with Gasteiger partial charge in [0, 0.05) is 12.0 Å². The Morgan fingerprint density at radius 1 is 1.24 bits per heavy atom. The first-order valence-corrected chi connectivity index (χ1v) is 8.35. The summed E-state index contributed by atoms with van der Waals surface area (Å²) in [5, 5.41) is 10.0. The molecule has 1 aromatic carbocycles. The number of phenolic OH excluding ortho intramolecular Hbond substituents is 1. The molecule has 116 valence electrons. The summed E-state index contributed by atoms with van der Waals surface area (Å²) in [6.45, 7) is 10.1. The van der Waals surface area contributed by atoms with Crippen LogP contribution < -0.4 is 0 Å². The average molecular weight is 288 g/mol. The van der Waals surface area contributed by atoms with Gasteiger partial charge in [0.2, 0.25) is 0 Å². The van der Waals surface area contributed by atoms with Crippen LogP contribution in [-0.2, 0) is 10.2 Å². The van der Waals surface area contributed by atoms with Gasteiger partial charge in [0.25, 0.3) is 0 Å². The Balaban J connectivity index is 2.17. The number of hydrogen-bond donors (Lipinski definition) is 1. The van der Waals surface area contributed by atoms with Crippen LogP contribution in [0.1, 0.15) is 57.6 Å². The number of ether oxygens (including phenoxy) is 1. The Morgan fingerprint density at radius 2 is 2.00 bits per heavy atom. The van der Waals surface area contributed by atoms with Crippen LogP contribution in [0.25, 0.3) is 0 Å². The highest BCUT2D eigenvalue weighted by Crippen LogP contribution is 2.58. The van der Waals surface area contributed by atoms with Crippen LogP contribution in [0.2, 0.25) is 0 Å². The first-order chi connectivity index (χ1) is 9.91. The second-order valence-electron chi connectivity index (χ2n) is 7.45. The van der Waals surface area contributed by atoms with Gasteiger partial charge in [-0.1, -0.05) is 19.9 Å².